The number of fused-ring (bicyclic) bond motifs is 1. The molecule has 0 fully saturated rings. The standard InChI is InChI=1S/C17H15N5O7S2/c1-19-22-16-13(31(27,28)29)7-10-12(30(24,25)26)8-11(15(18)14(10)17(16)23)21-20-9-5-3-2-4-6-9/h2-8,23H,18H2,1H3,(H,24,25,26)(H,27,28,29). The highest BCUT2D eigenvalue weighted by Gasteiger charge is 2.28. The number of azo groups is 2. The average Bonchev–Trinajstić information content (AvgIpc) is 2.68. The molecule has 3 aromatic rings. The number of hydrogen-bond acceptors (Lipinski definition) is 10. The van der Waals surface area contributed by atoms with E-state index in [-0.39, 0.29) is 16.8 Å². The molecule has 0 aliphatic rings. The van der Waals surface area contributed by atoms with E-state index in [1.807, 2.05) is 0 Å². The molecule has 0 saturated heterocycles. The lowest BCUT2D eigenvalue weighted by atomic mass is 10.0. The molecule has 0 aliphatic heterocycles. The van der Waals surface area contributed by atoms with Crippen molar-refractivity contribution in [3.8, 4) is 5.75 Å². The third-order valence-corrected chi connectivity index (χ3v) is 5.86. The maximum atomic E-state index is 12.0. The van der Waals surface area contributed by atoms with Crippen molar-refractivity contribution in [3.05, 3.63) is 42.5 Å². The van der Waals surface area contributed by atoms with E-state index in [0.717, 1.165) is 6.07 Å². The molecule has 14 heteroatoms. The van der Waals surface area contributed by atoms with Gasteiger partial charge in [-0.1, -0.05) is 18.2 Å². The summed E-state index contributed by atoms with van der Waals surface area (Å²) in [5, 5.41) is 24.5. The Bertz CT molecular complexity index is 1450. The van der Waals surface area contributed by atoms with Crippen molar-refractivity contribution in [1.29, 1.82) is 0 Å². The van der Waals surface area contributed by atoms with Crippen LogP contribution >= 0.6 is 0 Å². The highest BCUT2D eigenvalue weighted by Crippen LogP contribution is 2.47. The number of aromatic hydroxyl groups is 1. The largest absolute Gasteiger partial charge is 0.505 e. The molecule has 162 valence electrons. The zero-order chi connectivity index (χ0) is 23.0. The fourth-order valence-corrected chi connectivity index (χ4v) is 4.15. The maximum absolute atomic E-state index is 12.0. The van der Waals surface area contributed by atoms with Gasteiger partial charge in [-0.25, -0.2) is 0 Å². The van der Waals surface area contributed by atoms with Gasteiger partial charge in [-0.15, -0.1) is 5.11 Å². The minimum absolute atomic E-state index is 0.238. The minimum atomic E-state index is -4.97. The van der Waals surface area contributed by atoms with Crippen molar-refractivity contribution >= 4 is 53.8 Å². The van der Waals surface area contributed by atoms with Crippen LogP contribution in [0.15, 0.2) is 72.7 Å². The first-order valence-corrected chi connectivity index (χ1v) is 11.2. The van der Waals surface area contributed by atoms with Gasteiger partial charge in [0.2, 0.25) is 0 Å². The van der Waals surface area contributed by atoms with Crippen molar-refractivity contribution in [3.63, 3.8) is 0 Å². The Morgan fingerprint density at radius 1 is 0.871 bits per heavy atom. The normalized spacial score (nSPS) is 12.9. The monoisotopic (exact) mass is 465 g/mol. The molecule has 0 aromatic heterocycles. The van der Waals surface area contributed by atoms with Crippen LogP contribution in [-0.4, -0.2) is 38.1 Å². The summed E-state index contributed by atoms with van der Waals surface area (Å²) >= 11 is 0. The van der Waals surface area contributed by atoms with Crippen molar-refractivity contribution in [1.82, 2.24) is 0 Å². The van der Waals surface area contributed by atoms with E-state index in [2.05, 4.69) is 20.5 Å². The fraction of sp³-hybridized carbons (Fsp3) is 0.0588. The van der Waals surface area contributed by atoms with Gasteiger partial charge in [-0.3, -0.25) is 9.11 Å². The predicted molar refractivity (Wildman–Crippen MR) is 111 cm³/mol. The van der Waals surface area contributed by atoms with Crippen LogP contribution in [0.25, 0.3) is 10.8 Å². The second-order valence-electron chi connectivity index (χ2n) is 6.09. The van der Waals surface area contributed by atoms with Crippen LogP contribution in [-0.2, 0) is 20.2 Å². The molecule has 0 spiro atoms. The van der Waals surface area contributed by atoms with Crippen molar-refractivity contribution in [2.45, 2.75) is 9.79 Å². The Morgan fingerprint density at radius 3 is 2.03 bits per heavy atom. The van der Waals surface area contributed by atoms with Crippen molar-refractivity contribution < 1.29 is 31.0 Å². The third kappa shape index (κ3) is 4.36. The summed E-state index contributed by atoms with van der Waals surface area (Å²) in [6.45, 7) is 0. The molecule has 31 heavy (non-hydrogen) atoms. The van der Waals surface area contributed by atoms with E-state index in [1.165, 1.54) is 7.05 Å². The van der Waals surface area contributed by atoms with E-state index in [9.17, 15) is 31.0 Å². The van der Waals surface area contributed by atoms with Crippen molar-refractivity contribution in [2.75, 3.05) is 12.8 Å². The number of phenolic OH excluding ortho intramolecular Hbond substituents is 1. The van der Waals surface area contributed by atoms with Gasteiger partial charge < -0.3 is 10.8 Å². The number of nitrogens with two attached hydrogens (primary N) is 1. The molecule has 0 atom stereocenters. The maximum Gasteiger partial charge on any atom is 0.296 e. The zero-order valence-corrected chi connectivity index (χ0v) is 17.3. The Labute approximate surface area is 176 Å². The molecule has 3 rings (SSSR count). The Hall–Kier alpha value is -3.46. The zero-order valence-electron chi connectivity index (χ0n) is 15.7. The van der Waals surface area contributed by atoms with Gasteiger partial charge in [0.15, 0.2) is 5.75 Å². The third-order valence-electron chi connectivity index (χ3n) is 4.10. The summed E-state index contributed by atoms with van der Waals surface area (Å²) in [6, 6.07) is 9.90. The summed E-state index contributed by atoms with van der Waals surface area (Å²) in [4.78, 5) is -1.76. The molecule has 5 N–H and O–H groups in total. The van der Waals surface area contributed by atoms with Gasteiger partial charge in [-0.05, 0) is 24.3 Å². The van der Waals surface area contributed by atoms with E-state index in [1.54, 1.807) is 30.3 Å². The summed E-state index contributed by atoms with van der Waals surface area (Å²) in [7, 11) is -8.75. The van der Waals surface area contributed by atoms with E-state index >= 15 is 0 Å². The second kappa shape index (κ2) is 7.99. The number of nitrogen functional groups attached to an aromatic ring is 1. The Balaban J connectivity index is 2.47. The Kier molecular flexibility index (Phi) is 5.73. The van der Waals surface area contributed by atoms with Gasteiger partial charge in [0.05, 0.1) is 16.8 Å². The smallest absolute Gasteiger partial charge is 0.296 e. The number of rotatable bonds is 5. The summed E-state index contributed by atoms with van der Waals surface area (Å²) in [5.41, 5.74) is 5.25. The van der Waals surface area contributed by atoms with E-state index in [0.29, 0.717) is 11.8 Å². The molecule has 0 aliphatic carbocycles. The first-order valence-electron chi connectivity index (χ1n) is 8.29. The van der Waals surface area contributed by atoms with Crippen LogP contribution in [0.2, 0.25) is 0 Å². The van der Waals surface area contributed by atoms with Gasteiger partial charge in [0, 0.05) is 12.4 Å². The first kappa shape index (κ1) is 22.2. The molecule has 0 saturated carbocycles. The Morgan fingerprint density at radius 2 is 1.48 bits per heavy atom. The van der Waals surface area contributed by atoms with Crippen LogP contribution in [0.5, 0.6) is 5.75 Å². The number of phenols is 1. The number of anilines is 1. The average molecular weight is 465 g/mol. The molecule has 3 aromatic carbocycles. The second-order valence-corrected chi connectivity index (χ2v) is 8.87. The molecule has 0 bridgehead atoms. The van der Waals surface area contributed by atoms with Crippen LogP contribution in [0.3, 0.4) is 0 Å². The van der Waals surface area contributed by atoms with Gasteiger partial charge >= 0.3 is 0 Å². The van der Waals surface area contributed by atoms with Gasteiger partial charge in [0.1, 0.15) is 21.2 Å². The molecule has 0 heterocycles. The topological polar surface area (TPSA) is 204 Å². The quantitative estimate of drug-likeness (QED) is 0.247. The van der Waals surface area contributed by atoms with Crippen LogP contribution in [0, 0.1) is 0 Å². The van der Waals surface area contributed by atoms with Crippen LogP contribution in [0.4, 0.5) is 22.7 Å². The van der Waals surface area contributed by atoms with Crippen LogP contribution in [0.1, 0.15) is 0 Å². The first-order chi connectivity index (χ1) is 14.4. The molecule has 12 nitrogen and oxygen atoms in total. The molecular formula is C17H15N5O7S2. The van der Waals surface area contributed by atoms with Crippen LogP contribution < -0.4 is 5.73 Å². The molecular weight excluding hydrogens is 450 g/mol. The lowest BCUT2D eigenvalue weighted by Gasteiger charge is -2.14. The number of hydrogen-bond donors (Lipinski definition) is 4. The summed E-state index contributed by atoms with van der Waals surface area (Å²) in [5.74, 6) is -0.894. The fourth-order valence-electron chi connectivity index (χ4n) is 2.80. The van der Waals surface area contributed by atoms with Gasteiger partial charge in [-0.2, -0.15) is 32.2 Å². The lowest BCUT2D eigenvalue weighted by molar-refractivity contribution is 0.471. The van der Waals surface area contributed by atoms with Gasteiger partial charge in [0.25, 0.3) is 20.2 Å². The van der Waals surface area contributed by atoms with Crippen molar-refractivity contribution in [2.24, 2.45) is 20.5 Å². The van der Waals surface area contributed by atoms with E-state index < -0.39 is 46.9 Å². The number of benzene rings is 3. The highest BCUT2D eigenvalue weighted by atomic mass is 32.2. The minimum Gasteiger partial charge on any atom is -0.505 e. The predicted octanol–water partition coefficient (Wildman–Crippen LogP) is 3.75. The lowest BCUT2D eigenvalue weighted by Crippen LogP contribution is -2.04. The molecule has 0 unspecified atom stereocenters. The van der Waals surface area contributed by atoms with E-state index in [4.69, 9.17) is 5.73 Å². The highest BCUT2D eigenvalue weighted by molar-refractivity contribution is 7.86. The SMILES string of the molecule is CN=Nc1c(S(=O)(=O)O)cc2c(S(=O)(=O)O)cc(N=Nc3ccccc3)c(N)c2c1O. The number of nitrogens with zero attached hydrogens (tertiary/aromatic N) is 4. The summed E-state index contributed by atoms with van der Waals surface area (Å²) in [6.07, 6.45) is 0. The molecule has 0 radical (unpaired) electrons. The molecule has 0 amide bonds. The summed E-state index contributed by atoms with van der Waals surface area (Å²) < 4.78 is 66.6.